The number of aliphatic hydroxyl groups is 1. The van der Waals surface area contributed by atoms with Crippen molar-refractivity contribution in [1.29, 1.82) is 0 Å². The van der Waals surface area contributed by atoms with Crippen molar-refractivity contribution in [3.63, 3.8) is 0 Å². The van der Waals surface area contributed by atoms with Gasteiger partial charge >= 0.3 is 6.01 Å². The van der Waals surface area contributed by atoms with E-state index in [1.54, 1.807) is 0 Å². The predicted molar refractivity (Wildman–Crippen MR) is 160 cm³/mol. The molecule has 4 N–H and O–H groups in total. The number of anilines is 1. The lowest BCUT2D eigenvalue weighted by molar-refractivity contribution is 0.0825. The number of carbonyl (C=O) groups excluding carboxylic acids is 1. The minimum absolute atomic E-state index is 0.109. The van der Waals surface area contributed by atoms with Crippen LogP contribution in [-0.4, -0.2) is 56.0 Å². The van der Waals surface area contributed by atoms with Crippen LogP contribution in [0.3, 0.4) is 0 Å². The highest BCUT2D eigenvalue weighted by Crippen LogP contribution is 2.17. The smallest absolute Gasteiger partial charge is 0.309 e. The van der Waals surface area contributed by atoms with E-state index >= 15 is 0 Å². The van der Waals surface area contributed by atoms with Crippen molar-refractivity contribution in [2.75, 3.05) is 24.1 Å². The third kappa shape index (κ3) is 11.5. The number of hydrogen-bond acceptors (Lipinski definition) is 8. The zero-order valence-electron chi connectivity index (χ0n) is 24.1. The number of aliphatic hydroxyl groups excluding tert-OH is 1. The van der Waals surface area contributed by atoms with Crippen LogP contribution < -0.4 is 20.1 Å². The molecule has 10 nitrogen and oxygen atoms in total. The maximum atomic E-state index is 13.0. The van der Waals surface area contributed by atoms with Crippen LogP contribution in [0.5, 0.6) is 5.75 Å². The van der Waals surface area contributed by atoms with E-state index in [1.807, 2.05) is 36.4 Å². The van der Waals surface area contributed by atoms with Crippen LogP contribution >= 0.6 is 0 Å². The monoisotopic (exact) mass is 586 g/mol. The fourth-order valence-corrected chi connectivity index (χ4v) is 4.72. The summed E-state index contributed by atoms with van der Waals surface area (Å²) in [4.78, 5) is 16.9. The average Bonchev–Trinajstić information content (AvgIpc) is 3.40. The summed E-state index contributed by atoms with van der Waals surface area (Å²) in [6.45, 7) is 5.70. The highest BCUT2D eigenvalue weighted by atomic mass is 32.2. The average molecular weight is 587 g/mol. The Kier molecular flexibility index (Phi) is 12.6. The third-order valence-corrected chi connectivity index (χ3v) is 7.04. The molecule has 0 radical (unpaired) electrons. The number of rotatable bonds is 18. The maximum absolute atomic E-state index is 13.0. The van der Waals surface area contributed by atoms with Gasteiger partial charge in [-0.05, 0) is 48.1 Å². The molecule has 224 valence electrons. The fraction of sp³-hybridized carbons (Fsp3) is 0.467. The van der Waals surface area contributed by atoms with Crippen molar-refractivity contribution in [2.24, 2.45) is 0 Å². The fourth-order valence-electron chi connectivity index (χ4n) is 4.31. The molecule has 2 unspecified atom stereocenters. The number of sulfonamides is 1. The highest BCUT2D eigenvalue weighted by Gasteiger charge is 2.24. The SMILES string of the molecule is CCCCCCOc1cccc(CC(NC(=O)c2coc(NS(C)(=O)=O)n2)C(O)CNCc2cccc(CC)c2)c1. The Bertz CT molecular complexity index is 1340. The Labute approximate surface area is 243 Å². The molecule has 1 heterocycles. The Balaban J connectivity index is 1.68. The van der Waals surface area contributed by atoms with Gasteiger partial charge in [0, 0.05) is 13.1 Å². The normalized spacial score (nSPS) is 13.0. The second kappa shape index (κ2) is 16.1. The highest BCUT2D eigenvalue weighted by molar-refractivity contribution is 7.91. The molecule has 1 aromatic heterocycles. The van der Waals surface area contributed by atoms with Gasteiger partial charge < -0.3 is 24.9 Å². The molecule has 2 aromatic carbocycles. The van der Waals surface area contributed by atoms with Gasteiger partial charge in [-0.1, -0.05) is 69.5 Å². The molecular formula is C30H42N4O6S. The van der Waals surface area contributed by atoms with Crippen LogP contribution in [-0.2, 0) is 29.4 Å². The third-order valence-electron chi connectivity index (χ3n) is 6.49. The van der Waals surface area contributed by atoms with E-state index in [9.17, 15) is 18.3 Å². The van der Waals surface area contributed by atoms with Crippen LogP contribution in [0, 0.1) is 0 Å². The second-order valence-corrected chi connectivity index (χ2v) is 11.9. The number of hydrogen-bond donors (Lipinski definition) is 4. The summed E-state index contributed by atoms with van der Waals surface area (Å²) >= 11 is 0. The number of aromatic nitrogens is 1. The van der Waals surface area contributed by atoms with E-state index in [0.717, 1.165) is 55.1 Å². The molecule has 0 saturated carbocycles. The number of nitrogens with one attached hydrogen (secondary N) is 3. The molecule has 0 fully saturated rings. The summed E-state index contributed by atoms with van der Waals surface area (Å²) in [5.74, 6) is 0.138. The molecule has 0 aliphatic heterocycles. The Hall–Kier alpha value is -3.41. The summed E-state index contributed by atoms with van der Waals surface area (Å²) in [5.41, 5.74) is 3.12. The quantitative estimate of drug-likeness (QED) is 0.164. The van der Waals surface area contributed by atoms with Crippen molar-refractivity contribution in [2.45, 2.75) is 71.1 Å². The summed E-state index contributed by atoms with van der Waals surface area (Å²) in [7, 11) is -3.62. The van der Waals surface area contributed by atoms with E-state index < -0.39 is 28.1 Å². The van der Waals surface area contributed by atoms with Gasteiger partial charge in [0.1, 0.15) is 12.0 Å². The summed E-state index contributed by atoms with van der Waals surface area (Å²) in [6, 6.07) is 14.9. The van der Waals surface area contributed by atoms with Crippen molar-refractivity contribution < 1.29 is 27.5 Å². The summed E-state index contributed by atoms with van der Waals surface area (Å²) in [6.07, 6.45) is 6.80. The van der Waals surface area contributed by atoms with Crippen molar-refractivity contribution in [3.05, 3.63) is 77.2 Å². The van der Waals surface area contributed by atoms with Gasteiger partial charge in [-0.25, -0.2) is 13.1 Å². The van der Waals surface area contributed by atoms with E-state index in [4.69, 9.17) is 9.15 Å². The number of unbranched alkanes of at least 4 members (excludes halogenated alkanes) is 3. The standard InChI is InChI=1S/C30H42N4O6S/c1-4-6-7-8-15-39-25-14-10-12-23(17-25)18-26(28(35)20-31-19-24-13-9-11-22(5-2)16-24)32-29(36)27-21-40-30(33-27)34-41(3,37)38/h9-14,16-17,21,26,28,31,35H,4-8,15,18-20H2,1-3H3,(H,32,36)(H,33,34). The molecule has 2 atom stereocenters. The van der Waals surface area contributed by atoms with Crippen molar-refractivity contribution in [1.82, 2.24) is 15.6 Å². The molecule has 0 bridgehead atoms. The largest absolute Gasteiger partial charge is 0.494 e. The molecule has 1 amide bonds. The van der Waals surface area contributed by atoms with Crippen LogP contribution in [0.1, 0.15) is 66.7 Å². The molecule has 0 saturated heterocycles. The summed E-state index contributed by atoms with van der Waals surface area (Å²) < 4.78 is 36.0. The minimum atomic E-state index is -3.62. The topological polar surface area (TPSA) is 143 Å². The van der Waals surface area contributed by atoms with Crippen LogP contribution in [0.4, 0.5) is 6.01 Å². The number of nitrogens with zero attached hydrogens (tertiary/aromatic N) is 1. The zero-order chi connectivity index (χ0) is 29.7. The van der Waals surface area contributed by atoms with Crippen LogP contribution in [0.25, 0.3) is 0 Å². The van der Waals surface area contributed by atoms with Crippen LogP contribution in [0.15, 0.2) is 59.2 Å². The number of ether oxygens (including phenoxy) is 1. The van der Waals surface area contributed by atoms with Gasteiger partial charge in [-0.15, -0.1) is 0 Å². The Morgan fingerprint density at radius 1 is 1.05 bits per heavy atom. The maximum Gasteiger partial charge on any atom is 0.309 e. The van der Waals surface area contributed by atoms with Gasteiger partial charge in [-0.3, -0.25) is 4.79 Å². The van der Waals surface area contributed by atoms with Gasteiger partial charge in [-0.2, -0.15) is 4.98 Å². The Morgan fingerprint density at radius 3 is 2.56 bits per heavy atom. The predicted octanol–water partition coefficient (Wildman–Crippen LogP) is 4.06. The first-order valence-electron chi connectivity index (χ1n) is 14.1. The molecular weight excluding hydrogens is 544 g/mol. The molecule has 11 heteroatoms. The van der Waals surface area contributed by atoms with Gasteiger partial charge in [0.15, 0.2) is 5.69 Å². The van der Waals surface area contributed by atoms with Crippen molar-refractivity contribution in [3.8, 4) is 5.75 Å². The number of oxazole rings is 1. The number of aryl methyl sites for hydroxylation is 1. The minimum Gasteiger partial charge on any atom is -0.494 e. The Morgan fingerprint density at radius 2 is 1.80 bits per heavy atom. The van der Waals surface area contributed by atoms with Gasteiger partial charge in [0.25, 0.3) is 5.91 Å². The van der Waals surface area contributed by atoms with E-state index in [2.05, 4.69) is 46.3 Å². The first-order valence-corrected chi connectivity index (χ1v) is 16.0. The first-order chi connectivity index (χ1) is 19.7. The molecule has 3 rings (SSSR count). The van der Waals surface area contributed by atoms with Gasteiger partial charge in [0.05, 0.1) is 25.0 Å². The number of carbonyl (C=O) groups is 1. The molecule has 0 aliphatic carbocycles. The first kappa shape index (κ1) is 32.1. The number of amides is 1. The van der Waals surface area contributed by atoms with E-state index in [0.29, 0.717) is 19.6 Å². The lowest BCUT2D eigenvalue weighted by atomic mass is 10.0. The van der Waals surface area contributed by atoms with Gasteiger partial charge in [0.2, 0.25) is 10.0 Å². The number of benzene rings is 2. The molecule has 0 spiro atoms. The molecule has 3 aromatic rings. The lowest BCUT2D eigenvalue weighted by Gasteiger charge is -2.25. The second-order valence-electron chi connectivity index (χ2n) is 10.1. The van der Waals surface area contributed by atoms with Crippen LogP contribution in [0.2, 0.25) is 0 Å². The molecule has 41 heavy (non-hydrogen) atoms. The zero-order valence-corrected chi connectivity index (χ0v) is 24.9. The van der Waals surface area contributed by atoms with E-state index in [1.165, 1.54) is 12.0 Å². The molecule has 0 aliphatic rings. The summed E-state index contributed by atoms with van der Waals surface area (Å²) in [5, 5.41) is 17.3. The lowest BCUT2D eigenvalue weighted by Crippen LogP contribution is -2.48. The van der Waals surface area contributed by atoms with Crippen molar-refractivity contribution >= 4 is 21.9 Å². The van der Waals surface area contributed by atoms with E-state index in [-0.39, 0.29) is 18.3 Å².